The highest BCUT2D eigenvalue weighted by Gasteiger charge is 2.51. The molecule has 0 saturated carbocycles. The van der Waals surface area contributed by atoms with Gasteiger partial charge in [0.2, 0.25) is 5.91 Å². The van der Waals surface area contributed by atoms with Crippen LogP contribution in [0, 0.1) is 0 Å². The molecule has 0 aliphatic carbocycles. The van der Waals surface area contributed by atoms with E-state index in [1.807, 2.05) is 0 Å². The molecule has 1 saturated heterocycles. The summed E-state index contributed by atoms with van der Waals surface area (Å²) in [6.07, 6.45) is -1.97. The Hall–Kier alpha value is -2.09. The molecule has 1 heterocycles. The van der Waals surface area contributed by atoms with Crippen molar-refractivity contribution >= 4 is 11.8 Å². The molecule has 0 aromatic heterocycles. The van der Waals surface area contributed by atoms with E-state index in [-0.39, 0.29) is 11.1 Å². The van der Waals surface area contributed by atoms with E-state index in [1.165, 1.54) is 17.0 Å². The summed E-state index contributed by atoms with van der Waals surface area (Å²) < 4.78 is 38.6. The quantitative estimate of drug-likeness (QED) is 0.870. The highest BCUT2D eigenvalue weighted by atomic mass is 19.4. The smallest absolute Gasteiger partial charge is 0.376 e. The summed E-state index contributed by atoms with van der Waals surface area (Å²) in [6.45, 7) is 1.02. The van der Waals surface area contributed by atoms with Crippen molar-refractivity contribution in [3.05, 3.63) is 35.4 Å². The lowest BCUT2D eigenvalue weighted by Crippen LogP contribution is -2.47. The predicted molar refractivity (Wildman–Crippen MR) is 84.6 cm³/mol. The average Bonchev–Trinajstić information content (AvgIpc) is 2.79. The van der Waals surface area contributed by atoms with Crippen LogP contribution in [0.5, 0.6) is 0 Å². The fourth-order valence-electron chi connectivity index (χ4n) is 2.91. The topological polar surface area (TPSA) is 83.6 Å². The first-order chi connectivity index (χ1) is 11.6. The minimum atomic E-state index is -4.83. The molecule has 1 aliphatic heterocycles. The van der Waals surface area contributed by atoms with E-state index < -0.39 is 29.6 Å². The van der Waals surface area contributed by atoms with Crippen LogP contribution in [-0.2, 0) is 10.4 Å². The molecular weight excluding hydrogens is 337 g/mol. The molecule has 1 aromatic carbocycles. The number of aliphatic hydroxyl groups is 1. The first kappa shape index (κ1) is 19.2. The van der Waals surface area contributed by atoms with E-state index >= 15 is 0 Å². The van der Waals surface area contributed by atoms with E-state index in [4.69, 9.17) is 5.73 Å². The third-order valence-electron chi connectivity index (χ3n) is 4.59. The van der Waals surface area contributed by atoms with Gasteiger partial charge in [-0.1, -0.05) is 25.0 Å². The van der Waals surface area contributed by atoms with Gasteiger partial charge in [0, 0.05) is 12.1 Å². The van der Waals surface area contributed by atoms with Crippen molar-refractivity contribution in [1.29, 1.82) is 0 Å². The molecule has 138 valence electrons. The van der Waals surface area contributed by atoms with Gasteiger partial charge in [-0.05, 0) is 37.5 Å². The van der Waals surface area contributed by atoms with Gasteiger partial charge in [0.1, 0.15) is 6.04 Å². The van der Waals surface area contributed by atoms with Gasteiger partial charge in [0.25, 0.3) is 5.91 Å². The SMILES string of the molecule is CC(O)(c1ccc(C(=O)N2CCCCCC2C(N)=O)cc1)C(F)(F)F. The van der Waals surface area contributed by atoms with Gasteiger partial charge in [-0.3, -0.25) is 9.59 Å². The average molecular weight is 358 g/mol. The van der Waals surface area contributed by atoms with Gasteiger partial charge >= 0.3 is 6.18 Å². The fourth-order valence-corrected chi connectivity index (χ4v) is 2.91. The maximum absolute atomic E-state index is 12.9. The number of nitrogens with two attached hydrogens (primary N) is 1. The number of carbonyl (C=O) groups excluding carboxylic acids is 2. The van der Waals surface area contributed by atoms with Crippen molar-refractivity contribution in [2.45, 2.75) is 50.4 Å². The van der Waals surface area contributed by atoms with E-state index in [0.29, 0.717) is 19.9 Å². The fraction of sp³-hybridized carbons (Fsp3) is 0.529. The van der Waals surface area contributed by atoms with Crippen LogP contribution < -0.4 is 5.73 Å². The largest absolute Gasteiger partial charge is 0.421 e. The minimum Gasteiger partial charge on any atom is -0.376 e. The summed E-state index contributed by atoms with van der Waals surface area (Å²) in [4.78, 5) is 25.7. The molecule has 1 fully saturated rings. The van der Waals surface area contributed by atoms with Crippen molar-refractivity contribution in [3.8, 4) is 0 Å². The Balaban J connectivity index is 2.26. The Morgan fingerprint density at radius 1 is 1.16 bits per heavy atom. The predicted octanol–water partition coefficient (Wildman–Crippen LogP) is 2.33. The van der Waals surface area contributed by atoms with Crippen LogP contribution in [0.2, 0.25) is 0 Å². The zero-order chi connectivity index (χ0) is 18.8. The normalized spacial score (nSPS) is 21.3. The zero-order valence-electron chi connectivity index (χ0n) is 13.8. The molecule has 2 amide bonds. The van der Waals surface area contributed by atoms with E-state index in [0.717, 1.165) is 31.4 Å². The summed E-state index contributed by atoms with van der Waals surface area (Å²) in [5.41, 5.74) is 2.16. The van der Waals surface area contributed by atoms with Gasteiger partial charge in [0.05, 0.1) is 0 Å². The lowest BCUT2D eigenvalue weighted by atomic mass is 9.94. The Morgan fingerprint density at radius 3 is 2.28 bits per heavy atom. The van der Waals surface area contributed by atoms with Crippen LogP contribution in [0.25, 0.3) is 0 Å². The number of benzene rings is 1. The number of alkyl halides is 3. The van der Waals surface area contributed by atoms with Gasteiger partial charge in [-0.15, -0.1) is 0 Å². The molecule has 1 aromatic rings. The lowest BCUT2D eigenvalue weighted by Gasteiger charge is -2.29. The molecule has 2 rings (SSSR count). The molecule has 8 heteroatoms. The molecule has 5 nitrogen and oxygen atoms in total. The molecule has 2 atom stereocenters. The van der Waals surface area contributed by atoms with Crippen molar-refractivity contribution in [1.82, 2.24) is 4.90 Å². The summed E-state index contributed by atoms with van der Waals surface area (Å²) in [7, 11) is 0. The van der Waals surface area contributed by atoms with Crippen molar-refractivity contribution in [2.75, 3.05) is 6.54 Å². The highest BCUT2D eigenvalue weighted by molar-refractivity contribution is 5.97. The molecule has 0 spiro atoms. The van der Waals surface area contributed by atoms with Crippen LogP contribution in [0.15, 0.2) is 24.3 Å². The number of halogens is 3. The second-order valence-electron chi connectivity index (χ2n) is 6.41. The standard InChI is InChI=1S/C17H21F3N2O3/c1-16(25,17(18,19)20)12-8-6-11(7-9-12)15(24)22-10-4-2-3-5-13(22)14(21)23/h6-9,13,25H,2-5,10H2,1H3,(H2,21,23). The second kappa shape index (κ2) is 7.03. The third kappa shape index (κ3) is 3.95. The Morgan fingerprint density at radius 2 is 1.76 bits per heavy atom. The maximum atomic E-state index is 12.9. The number of carbonyl (C=O) groups is 2. The number of hydrogen-bond acceptors (Lipinski definition) is 3. The number of likely N-dealkylation sites (tertiary alicyclic amines) is 1. The number of hydrogen-bond donors (Lipinski definition) is 2. The molecule has 3 N–H and O–H groups in total. The van der Waals surface area contributed by atoms with Crippen LogP contribution in [0.3, 0.4) is 0 Å². The molecular formula is C17H21F3N2O3. The molecule has 2 unspecified atom stereocenters. The monoisotopic (exact) mass is 358 g/mol. The van der Waals surface area contributed by atoms with Crippen LogP contribution in [0.4, 0.5) is 13.2 Å². The van der Waals surface area contributed by atoms with Gasteiger partial charge in [-0.2, -0.15) is 13.2 Å². The maximum Gasteiger partial charge on any atom is 0.421 e. The van der Waals surface area contributed by atoms with Crippen molar-refractivity contribution < 1.29 is 27.9 Å². The highest BCUT2D eigenvalue weighted by Crippen LogP contribution is 2.38. The van der Waals surface area contributed by atoms with Gasteiger partial charge in [-0.25, -0.2) is 0 Å². The van der Waals surface area contributed by atoms with Crippen LogP contribution in [-0.4, -0.2) is 40.6 Å². The van der Waals surface area contributed by atoms with Crippen molar-refractivity contribution in [3.63, 3.8) is 0 Å². The second-order valence-corrected chi connectivity index (χ2v) is 6.41. The minimum absolute atomic E-state index is 0.148. The van der Waals surface area contributed by atoms with E-state index in [2.05, 4.69) is 0 Å². The molecule has 1 aliphatic rings. The lowest BCUT2D eigenvalue weighted by molar-refractivity contribution is -0.258. The first-order valence-electron chi connectivity index (χ1n) is 8.05. The third-order valence-corrected chi connectivity index (χ3v) is 4.59. The number of rotatable bonds is 3. The van der Waals surface area contributed by atoms with E-state index in [1.54, 1.807) is 0 Å². The number of amides is 2. The number of primary amides is 1. The summed E-state index contributed by atoms with van der Waals surface area (Å²) in [5.74, 6) is -1.05. The molecule has 25 heavy (non-hydrogen) atoms. The summed E-state index contributed by atoms with van der Waals surface area (Å²) in [5, 5.41) is 9.67. The first-order valence-corrected chi connectivity index (χ1v) is 8.05. The van der Waals surface area contributed by atoms with Gasteiger partial charge < -0.3 is 15.7 Å². The Labute approximate surface area is 143 Å². The van der Waals surface area contributed by atoms with Crippen LogP contribution >= 0.6 is 0 Å². The zero-order valence-corrected chi connectivity index (χ0v) is 13.8. The summed E-state index contributed by atoms with van der Waals surface area (Å²) >= 11 is 0. The van der Waals surface area contributed by atoms with Crippen molar-refractivity contribution in [2.24, 2.45) is 5.73 Å². The molecule has 0 radical (unpaired) electrons. The van der Waals surface area contributed by atoms with Crippen LogP contribution in [0.1, 0.15) is 48.5 Å². The Bertz CT molecular complexity index is 642. The molecule has 0 bridgehead atoms. The van der Waals surface area contributed by atoms with E-state index in [9.17, 15) is 27.9 Å². The Kier molecular flexibility index (Phi) is 5.41. The number of nitrogens with zero attached hydrogens (tertiary/aromatic N) is 1. The summed E-state index contributed by atoms with van der Waals surface area (Å²) in [6, 6.07) is 3.87. The van der Waals surface area contributed by atoms with Gasteiger partial charge in [0.15, 0.2) is 5.60 Å².